The van der Waals surface area contributed by atoms with E-state index in [4.69, 9.17) is 9.47 Å². The molecule has 1 fully saturated rings. The maximum Gasteiger partial charge on any atom is 0.0983 e. The Kier molecular flexibility index (Phi) is 4.66. The lowest BCUT2D eigenvalue weighted by atomic mass is 9.85. The van der Waals surface area contributed by atoms with E-state index in [9.17, 15) is 5.11 Å². The third kappa shape index (κ3) is 2.86. The van der Waals surface area contributed by atoms with E-state index in [1.165, 1.54) is 0 Å². The van der Waals surface area contributed by atoms with Gasteiger partial charge in [0, 0.05) is 46.6 Å². The van der Waals surface area contributed by atoms with Crippen LogP contribution < -0.4 is 0 Å². The molecule has 0 radical (unpaired) electrons. The van der Waals surface area contributed by atoms with Crippen molar-refractivity contribution >= 4 is 15.9 Å². The zero-order valence-corrected chi connectivity index (χ0v) is 13.2. The van der Waals surface area contributed by atoms with Gasteiger partial charge in [-0.25, -0.2) is 0 Å². The summed E-state index contributed by atoms with van der Waals surface area (Å²) < 4.78 is 13.8. The monoisotopic (exact) mass is 332 g/mol. The van der Waals surface area contributed by atoms with Crippen LogP contribution in [0, 0.1) is 6.92 Å². The molecule has 0 spiro atoms. The Morgan fingerprint density at radius 2 is 2.16 bits per heavy atom. The third-order valence-electron chi connectivity index (χ3n) is 4.00. The first-order valence-corrected chi connectivity index (χ1v) is 7.28. The predicted molar refractivity (Wildman–Crippen MR) is 75.1 cm³/mol. The summed E-state index contributed by atoms with van der Waals surface area (Å²) in [6, 6.07) is 0. The molecule has 0 amide bonds. The number of aromatic nitrogens is 2. The first-order valence-electron chi connectivity index (χ1n) is 6.49. The topological polar surface area (TPSA) is 56.5 Å². The number of rotatable bonds is 4. The summed E-state index contributed by atoms with van der Waals surface area (Å²) in [5.41, 5.74) is 1.42. The van der Waals surface area contributed by atoms with Crippen molar-refractivity contribution in [1.82, 2.24) is 9.78 Å². The van der Waals surface area contributed by atoms with Gasteiger partial charge >= 0.3 is 0 Å². The molecule has 1 unspecified atom stereocenters. The number of ether oxygens (including phenoxy) is 2. The maximum absolute atomic E-state index is 10.6. The average Bonchev–Trinajstić information content (AvgIpc) is 2.66. The van der Waals surface area contributed by atoms with E-state index in [2.05, 4.69) is 21.0 Å². The van der Waals surface area contributed by atoms with E-state index in [-0.39, 0.29) is 0 Å². The molecule has 1 saturated heterocycles. The van der Waals surface area contributed by atoms with Crippen molar-refractivity contribution in [1.29, 1.82) is 0 Å². The van der Waals surface area contributed by atoms with Gasteiger partial charge in [-0.1, -0.05) is 0 Å². The van der Waals surface area contributed by atoms with E-state index < -0.39 is 11.7 Å². The normalized spacial score (nSPS) is 20.5. The van der Waals surface area contributed by atoms with E-state index >= 15 is 0 Å². The molecule has 0 aliphatic carbocycles. The van der Waals surface area contributed by atoms with Gasteiger partial charge in [0.25, 0.3) is 0 Å². The highest BCUT2D eigenvalue weighted by Crippen LogP contribution is 2.31. The summed E-state index contributed by atoms with van der Waals surface area (Å²) in [6.45, 7) is 3.22. The van der Waals surface area contributed by atoms with Crippen LogP contribution in [0.5, 0.6) is 0 Å². The summed E-state index contributed by atoms with van der Waals surface area (Å²) in [6.07, 6.45) is 1.40. The lowest BCUT2D eigenvalue weighted by Crippen LogP contribution is -2.49. The van der Waals surface area contributed by atoms with Crippen LogP contribution >= 0.6 is 15.9 Å². The van der Waals surface area contributed by atoms with Crippen molar-refractivity contribution in [3.05, 3.63) is 15.9 Å². The molecule has 0 saturated carbocycles. The molecular formula is C13H21BrN2O3. The SMILES string of the molecule is COC1(C(O)Cc2c(Br)c(C)nn2C)CCOCC1. The molecule has 1 aromatic heterocycles. The second kappa shape index (κ2) is 5.91. The van der Waals surface area contributed by atoms with Crippen LogP contribution in [0.25, 0.3) is 0 Å². The van der Waals surface area contributed by atoms with Gasteiger partial charge in [0.15, 0.2) is 0 Å². The van der Waals surface area contributed by atoms with Gasteiger partial charge in [0.1, 0.15) is 0 Å². The zero-order valence-electron chi connectivity index (χ0n) is 11.6. The molecule has 19 heavy (non-hydrogen) atoms. The van der Waals surface area contributed by atoms with Crippen LogP contribution in [0.2, 0.25) is 0 Å². The number of hydrogen-bond donors (Lipinski definition) is 1. The second-order valence-electron chi connectivity index (χ2n) is 5.07. The van der Waals surface area contributed by atoms with Crippen molar-refractivity contribution < 1.29 is 14.6 Å². The van der Waals surface area contributed by atoms with E-state index in [1.54, 1.807) is 7.11 Å². The van der Waals surface area contributed by atoms with Crippen LogP contribution in [0.15, 0.2) is 4.47 Å². The number of hydrogen-bond acceptors (Lipinski definition) is 4. The van der Waals surface area contributed by atoms with Gasteiger partial charge in [0.05, 0.1) is 27.6 Å². The zero-order chi connectivity index (χ0) is 14.0. The molecule has 1 aliphatic rings. The number of methoxy groups -OCH3 is 1. The van der Waals surface area contributed by atoms with Gasteiger partial charge in [-0.2, -0.15) is 5.10 Å². The molecule has 1 N–H and O–H groups in total. The maximum atomic E-state index is 10.6. The number of halogens is 1. The Morgan fingerprint density at radius 1 is 1.53 bits per heavy atom. The highest BCUT2D eigenvalue weighted by atomic mass is 79.9. The fourth-order valence-electron chi connectivity index (χ4n) is 2.66. The highest BCUT2D eigenvalue weighted by Gasteiger charge is 2.40. The standard InChI is InChI=1S/C13H21BrN2O3/c1-9-12(14)10(16(2)15-9)8-11(17)13(18-3)4-6-19-7-5-13/h11,17H,4-8H2,1-3H3. The molecule has 1 atom stereocenters. The Balaban J connectivity index is 2.17. The Hall–Kier alpha value is -0.430. The Bertz CT molecular complexity index is 441. The van der Waals surface area contributed by atoms with Crippen LogP contribution in [0.4, 0.5) is 0 Å². The summed E-state index contributed by atoms with van der Waals surface area (Å²) >= 11 is 3.53. The summed E-state index contributed by atoms with van der Waals surface area (Å²) in [5, 5.41) is 14.9. The number of aliphatic hydroxyl groups is 1. The summed E-state index contributed by atoms with van der Waals surface area (Å²) in [7, 11) is 3.56. The highest BCUT2D eigenvalue weighted by molar-refractivity contribution is 9.10. The molecular weight excluding hydrogens is 312 g/mol. The summed E-state index contributed by atoms with van der Waals surface area (Å²) in [5.74, 6) is 0. The van der Waals surface area contributed by atoms with Crippen molar-refractivity contribution in [2.45, 2.75) is 37.9 Å². The number of aryl methyl sites for hydroxylation is 2. The van der Waals surface area contributed by atoms with Crippen LogP contribution in [0.1, 0.15) is 24.2 Å². The minimum Gasteiger partial charge on any atom is -0.390 e. The first-order chi connectivity index (χ1) is 9.00. The van der Waals surface area contributed by atoms with Crippen molar-refractivity contribution in [3.63, 3.8) is 0 Å². The quantitative estimate of drug-likeness (QED) is 0.909. The van der Waals surface area contributed by atoms with Gasteiger partial charge < -0.3 is 14.6 Å². The van der Waals surface area contributed by atoms with Gasteiger partial charge in [-0.3, -0.25) is 4.68 Å². The predicted octanol–water partition coefficient (Wildman–Crippen LogP) is 1.59. The van der Waals surface area contributed by atoms with E-state index in [1.807, 2.05) is 18.7 Å². The van der Waals surface area contributed by atoms with E-state index in [0.29, 0.717) is 19.6 Å². The molecule has 2 heterocycles. The smallest absolute Gasteiger partial charge is 0.0983 e. The lowest BCUT2D eigenvalue weighted by molar-refractivity contribution is -0.152. The molecule has 1 aliphatic heterocycles. The minimum atomic E-state index is -0.563. The lowest BCUT2D eigenvalue weighted by Gasteiger charge is -2.39. The molecule has 0 bridgehead atoms. The minimum absolute atomic E-state index is 0.504. The fraction of sp³-hybridized carbons (Fsp3) is 0.769. The van der Waals surface area contributed by atoms with Crippen molar-refractivity contribution in [2.24, 2.45) is 7.05 Å². The van der Waals surface area contributed by atoms with Gasteiger partial charge in [-0.15, -0.1) is 0 Å². The van der Waals surface area contributed by atoms with Crippen molar-refractivity contribution in [3.8, 4) is 0 Å². The van der Waals surface area contributed by atoms with Gasteiger partial charge in [0.2, 0.25) is 0 Å². The number of nitrogens with zero attached hydrogens (tertiary/aromatic N) is 2. The molecule has 5 nitrogen and oxygen atoms in total. The van der Waals surface area contributed by atoms with Crippen molar-refractivity contribution in [2.75, 3.05) is 20.3 Å². The Labute approximate surface area is 122 Å². The molecule has 2 rings (SSSR count). The first kappa shape index (κ1) is 15.0. The third-order valence-corrected chi connectivity index (χ3v) is 5.03. The molecule has 6 heteroatoms. The van der Waals surface area contributed by atoms with E-state index in [0.717, 1.165) is 28.7 Å². The second-order valence-corrected chi connectivity index (χ2v) is 5.86. The molecule has 1 aromatic rings. The fourth-order valence-corrected chi connectivity index (χ4v) is 3.16. The molecule has 0 aromatic carbocycles. The van der Waals surface area contributed by atoms with Crippen LogP contribution in [-0.4, -0.2) is 46.9 Å². The largest absolute Gasteiger partial charge is 0.390 e. The van der Waals surface area contributed by atoms with Crippen LogP contribution in [-0.2, 0) is 22.9 Å². The van der Waals surface area contributed by atoms with Crippen LogP contribution in [0.3, 0.4) is 0 Å². The summed E-state index contributed by atoms with van der Waals surface area (Å²) in [4.78, 5) is 0. The Morgan fingerprint density at radius 3 is 2.63 bits per heavy atom. The average molecular weight is 333 g/mol. The number of aliphatic hydroxyl groups excluding tert-OH is 1. The van der Waals surface area contributed by atoms with Gasteiger partial charge in [-0.05, 0) is 22.9 Å². The molecule has 108 valence electrons.